The van der Waals surface area contributed by atoms with E-state index in [1.807, 2.05) is 23.7 Å². The zero-order valence-corrected chi connectivity index (χ0v) is 11.4. The Labute approximate surface area is 116 Å². The lowest BCUT2D eigenvalue weighted by Crippen LogP contribution is -2.39. The molecule has 0 aliphatic carbocycles. The van der Waals surface area contributed by atoms with Gasteiger partial charge in [-0.05, 0) is 25.0 Å². The Morgan fingerprint density at radius 3 is 2.84 bits per heavy atom. The molecular formula is C14H17N3OS. The SMILES string of the molecule is Oc1cccc(NC2CCN(c3nccs3)CC2)c1. The number of nitrogens with one attached hydrogen (secondary N) is 1. The highest BCUT2D eigenvalue weighted by Crippen LogP contribution is 2.24. The van der Waals surface area contributed by atoms with Crippen LogP contribution in [0.4, 0.5) is 10.8 Å². The monoisotopic (exact) mass is 275 g/mol. The number of aromatic nitrogens is 1. The lowest BCUT2D eigenvalue weighted by atomic mass is 10.1. The molecule has 0 unspecified atom stereocenters. The molecule has 0 spiro atoms. The summed E-state index contributed by atoms with van der Waals surface area (Å²) >= 11 is 1.70. The highest BCUT2D eigenvalue weighted by atomic mass is 32.1. The van der Waals surface area contributed by atoms with Crippen LogP contribution in [0.3, 0.4) is 0 Å². The topological polar surface area (TPSA) is 48.4 Å². The van der Waals surface area contributed by atoms with Crippen LogP contribution in [-0.4, -0.2) is 29.2 Å². The summed E-state index contributed by atoms with van der Waals surface area (Å²) < 4.78 is 0. The van der Waals surface area contributed by atoms with Gasteiger partial charge >= 0.3 is 0 Å². The Kier molecular flexibility index (Phi) is 3.55. The average Bonchev–Trinajstić information content (AvgIpc) is 2.94. The Balaban J connectivity index is 1.56. The van der Waals surface area contributed by atoms with E-state index in [0.29, 0.717) is 11.8 Å². The molecule has 19 heavy (non-hydrogen) atoms. The quantitative estimate of drug-likeness (QED) is 0.904. The molecule has 2 aromatic rings. The number of hydrogen-bond acceptors (Lipinski definition) is 5. The van der Waals surface area contributed by atoms with Crippen molar-refractivity contribution in [1.29, 1.82) is 0 Å². The van der Waals surface area contributed by atoms with Crippen molar-refractivity contribution >= 4 is 22.2 Å². The zero-order chi connectivity index (χ0) is 13.1. The van der Waals surface area contributed by atoms with Gasteiger partial charge in [0.05, 0.1) is 0 Å². The lowest BCUT2D eigenvalue weighted by molar-refractivity contribution is 0.475. The Morgan fingerprint density at radius 1 is 1.32 bits per heavy atom. The number of phenolic OH excluding ortho intramolecular Hbond substituents is 1. The van der Waals surface area contributed by atoms with Crippen LogP contribution >= 0.6 is 11.3 Å². The minimum absolute atomic E-state index is 0.310. The van der Waals surface area contributed by atoms with Crippen molar-refractivity contribution in [3.8, 4) is 5.75 Å². The fraction of sp³-hybridized carbons (Fsp3) is 0.357. The van der Waals surface area contributed by atoms with E-state index in [2.05, 4.69) is 15.2 Å². The molecule has 100 valence electrons. The maximum Gasteiger partial charge on any atom is 0.185 e. The predicted octanol–water partition coefficient (Wildman–Crippen LogP) is 2.93. The van der Waals surface area contributed by atoms with Gasteiger partial charge in [0.25, 0.3) is 0 Å². The van der Waals surface area contributed by atoms with Gasteiger partial charge in [-0.1, -0.05) is 6.07 Å². The van der Waals surface area contributed by atoms with E-state index in [1.165, 1.54) is 0 Å². The van der Waals surface area contributed by atoms with Crippen molar-refractivity contribution in [2.75, 3.05) is 23.3 Å². The summed E-state index contributed by atoms with van der Waals surface area (Å²) in [4.78, 5) is 6.69. The van der Waals surface area contributed by atoms with E-state index < -0.39 is 0 Å². The van der Waals surface area contributed by atoms with Crippen LogP contribution in [0.25, 0.3) is 0 Å². The summed E-state index contributed by atoms with van der Waals surface area (Å²) in [7, 11) is 0. The molecule has 3 rings (SSSR count). The van der Waals surface area contributed by atoms with Gasteiger partial charge in [-0.3, -0.25) is 0 Å². The van der Waals surface area contributed by atoms with Crippen molar-refractivity contribution in [3.05, 3.63) is 35.8 Å². The van der Waals surface area contributed by atoms with Gasteiger partial charge in [0.15, 0.2) is 5.13 Å². The Bertz CT molecular complexity index is 521. The number of hydrogen-bond donors (Lipinski definition) is 2. The number of rotatable bonds is 3. The number of benzene rings is 1. The fourth-order valence-corrected chi connectivity index (χ4v) is 3.12. The number of anilines is 2. The maximum atomic E-state index is 9.45. The molecule has 1 aliphatic heterocycles. The highest BCUT2D eigenvalue weighted by molar-refractivity contribution is 7.13. The molecule has 0 saturated carbocycles. The lowest BCUT2D eigenvalue weighted by Gasteiger charge is -2.32. The van der Waals surface area contributed by atoms with Crippen LogP contribution in [0.15, 0.2) is 35.8 Å². The molecule has 1 saturated heterocycles. The first-order valence-electron chi connectivity index (χ1n) is 6.51. The second-order valence-corrected chi connectivity index (χ2v) is 5.64. The van der Waals surface area contributed by atoms with Gasteiger partial charge in [-0.2, -0.15) is 0 Å². The van der Waals surface area contributed by atoms with Crippen LogP contribution in [0.1, 0.15) is 12.8 Å². The molecule has 1 aromatic heterocycles. The molecule has 1 aliphatic rings. The number of nitrogens with zero attached hydrogens (tertiary/aromatic N) is 2. The number of aromatic hydroxyl groups is 1. The summed E-state index contributed by atoms with van der Waals surface area (Å²) in [5.74, 6) is 0.310. The number of phenols is 1. The van der Waals surface area contributed by atoms with Crippen molar-refractivity contribution in [2.45, 2.75) is 18.9 Å². The second kappa shape index (κ2) is 5.48. The summed E-state index contributed by atoms with van der Waals surface area (Å²) in [6, 6.07) is 7.79. The van der Waals surface area contributed by atoms with E-state index >= 15 is 0 Å². The minimum atomic E-state index is 0.310. The van der Waals surface area contributed by atoms with Gasteiger partial charge in [0.2, 0.25) is 0 Å². The Hall–Kier alpha value is -1.75. The largest absolute Gasteiger partial charge is 0.508 e. The normalized spacial score (nSPS) is 16.5. The molecule has 4 nitrogen and oxygen atoms in total. The van der Waals surface area contributed by atoms with Crippen LogP contribution in [0.5, 0.6) is 5.75 Å². The molecule has 1 fully saturated rings. The first-order chi connectivity index (χ1) is 9.31. The number of piperidine rings is 1. The van der Waals surface area contributed by atoms with Gasteiger partial charge in [0.1, 0.15) is 5.75 Å². The van der Waals surface area contributed by atoms with E-state index in [-0.39, 0.29) is 0 Å². The maximum absolute atomic E-state index is 9.45. The van der Waals surface area contributed by atoms with Crippen molar-refractivity contribution in [1.82, 2.24) is 4.98 Å². The van der Waals surface area contributed by atoms with Gasteiger partial charge in [-0.25, -0.2) is 4.98 Å². The highest BCUT2D eigenvalue weighted by Gasteiger charge is 2.20. The second-order valence-electron chi connectivity index (χ2n) is 4.77. The molecular weight excluding hydrogens is 258 g/mol. The van der Waals surface area contributed by atoms with Crippen molar-refractivity contribution in [2.24, 2.45) is 0 Å². The molecule has 5 heteroatoms. The van der Waals surface area contributed by atoms with Crippen LogP contribution in [-0.2, 0) is 0 Å². The van der Waals surface area contributed by atoms with Gasteiger partial charge in [-0.15, -0.1) is 11.3 Å². The van der Waals surface area contributed by atoms with Crippen LogP contribution < -0.4 is 10.2 Å². The summed E-state index contributed by atoms with van der Waals surface area (Å²) in [6.07, 6.45) is 4.04. The molecule has 0 bridgehead atoms. The zero-order valence-electron chi connectivity index (χ0n) is 10.6. The molecule has 2 heterocycles. The smallest absolute Gasteiger partial charge is 0.185 e. The minimum Gasteiger partial charge on any atom is -0.508 e. The molecule has 0 atom stereocenters. The van der Waals surface area contributed by atoms with E-state index in [1.54, 1.807) is 23.5 Å². The van der Waals surface area contributed by atoms with Gasteiger partial charge < -0.3 is 15.3 Å². The number of thiazole rings is 1. The molecule has 0 amide bonds. The molecule has 2 N–H and O–H groups in total. The van der Waals surface area contributed by atoms with Crippen molar-refractivity contribution in [3.63, 3.8) is 0 Å². The first kappa shape index (κ1) is 12.3. The van der Waals surface area contributed by atoms with E-state index in [4.69, 9.17) is 0 Å². The van der Waals surface area contributed by atoms with E-state index in [9.17, 15) is 5.11 Å². The average molecular weight is 275 g/mol. The third kappa shape index (κ3) is 2.98. The third-order valence-electron chi connectivity index (χ3n) is 3.40. The predicted molar refractivity (Wildman–Crippen MR) is 79.1 cm³/mol. The van der Waals surface area contributed by atoms with Crippen molar-refractivity contribution < 1.29 is 5.11 Å². The van der Waals surface area contributed by atoms with Gasteiger partial charge in [0, 0.05) is 42.5 Å². The summed E-state index contributed by atoms with van der Waals surface area (Å²) in [6.45, 7) is 2.06. The van der Waals surface area contributed by atoms with Crippen LogP contribution in [0.2, 0.25) is 0 Å². The summed E-state index contributed by atoms with van der Waals surface area (Å²) in [5.41, 5.74) is 0.993. The Morgan fingerprint density at radius 2 is 2.16 bits per heavy atom. The molecule has 1 aromatic carbocycles. The summed E-state index contributed by atoms with van der Waals surface area (Å²) in [5, 5.41) is 16.1. The molecule has 0 radical (unpaired) electrons. The third-order valence-corrected chi connectivity index (χ3v) is 4.23. The standard InChI is InChI=1S/C14H17N3OS/c18-13-3-1-2-12(10-13)16-11-4-7-17(8-5-11)14-15-6-9-19-14/h1-3,6,9-11,16,18H,4-5,7-8H2. The van der Waals surface area contributed by atoms with Crippen LogP contribution in [0, 0.1) is 0 Å². The van der Waals surface area contributed by atoms with E-state index in [0.717, 1.165) is 36.8 Å². The first-order valence-corrected chi connectivity index (χ1v) is 7.39. The fourth-order valence-electron chi connectivity index (χ4n) is 2.42.